The fraction of sp³-hybridized carbons (Fsp3) is 0.375. The van der Waals surface area contributed by atoms with Gasteiger partial charge >= 0.3 is 0 Å². The van der Waals surface area contributed by atoms with Crippen LogP contribution in [0.3, 0.4) is 0 Å². The predicted molar refractivity (Wildman–Crippen MR) is 79.4 cm³/mol. The molecule has 1 aromatic carbocycles. The smallest absolute Gasteiger partial charge is 0.131 e. The molecule has 2 aromatic rings. The minimum absolute atomic E-state index is 0.125. The predicted octanol–water partition coefficient (Wildman–Crippen LogP) is 3.34. The van der Waals surface area contributed by atoms with E-state index >= 15 is 0 Å². The molecule has 2 N–H and O–H groups in total. The van der Waals surface area contributed by atoms with Gasteiger partial charge in [-0.1, -0.05) is 6.07 Å². The van der Waals surface area contributed by atoms with E-state index in [1.54, 1.807) is 11.3 Å². The second kappa shape index (κ2) is 6.22. The number of halogens is 2. The zero-order chi connectivity index (χ0) is 14.8. The van der Waals surface area contributed by atoms with Crippen molar-refractivity contribution < 1.29 is 13.9 Å². The van der Waals surface area contributed by atoms with E-state index in [0.717, 1.165) is 25.0 Å². The molecule has 1 atom stereocenters. The average molecular weight is 309 g/mol. The van der Waals surface area contributed by atoms with Gasteiger partial charge < -0.3 is 10.4 Å². The van der Waals surface area contributed by atoms with Crippen molar-refractivity contribution in [3.05, 3.63) is 56.8 Å². The molecule has 5 heteroatoms. The topological polar surface area (TPSA) is 32.3 Å². The van der Waals surface area contributed by atoms with Crippen molar-refractivity contribution in [2.45, 2.75) is 31.9 Å². The van der Waals surface area contributed by atoms with Gasteiger partial charge in [0, 0.05) is 22.8 Å². The van der Waals surface area contributed by atoms with Crippen LogP contribution in [0, 0.1) is 11.6 Å². The lowest BCUT2D eigenvalue weighted by molar-refractivity contribution is 0.165. The zero-order valence-corrected chi connectivity index (χ0v) is 12.4. The van der Waals surface area contributed by atoms with Gasteiger partial charge in [-0.25, -0.2) is 8.78 Å². The van der Waals surface area contributed by atoms with E-state index in [-0.39, 0.29) is 12.1 Å². The minimum atomic E-state index is -1.18. The lowest BCUT2D eigenvalue weighted by atomic mass is 10.1. The number of hydrogen-bond donors (Lipinski definition) is 2. The Morgan fingerprint density at radius 3 is 2.71 bits per heavy atom. The van der Waals surface area contributed by atoms with Crippen molar-refractivity contribution in [2.24, 2.45) is 0 Å². The van der Waals surface area contributed by atoms with Gasteiger partial charge in [0.15, 0.2) is 0 Å². The van der Waals surface area contributed by atoms with Gasteiger partial charge in [0.05, 0.1) is 11.7 Å². The summed E-state index contributed by atoms with van der Waals surface area (Å²) in [6, 6.07) is 5.80. The molecule has 3 rings (SSSR count). The van der Waals surface area contributed by atoms with Gasteiger partial charge in [-0.3, -0.25) is 0 Å². The standard InChI is InChI=1S/C16H17F2NOS/c17-12-4-2-5-13(18)16(12)14(20)9-19-8-11-7-10-3-1-6-15(10)21-11/h2,4-5,7,14,19-20H,1,3,6,8-9H2. The summed E-state index contributed by atoms with van der Waals surface area (Å²) < 4.78 is 27.1. The Kier molecular flexibility index (Phi) is 4.33. The van der Waals surface area contributed by atoms with Crippen molar-refractivity contribution in [3.63, 3.8) is 0 Å². The van der Waals surface area contributed by atoms with E-state index in [9.17, 15) is 13.9 Å². The molecule has 2 nitrogen and oxygen atoms in total. The maximum atomic E-state index is 13.5. The van der Waals surface area contributed by atoms with Gasteiger partial charge in [0.2, 0.25) is 0 Å². The van der Waals surface area contributed by atoms with Crippen LogP contribution in [-0.2, 0) is 19.4 Å². The van der Waals surface area contributed by atoms with E-state index in [1.807, 2.05) is 0 Å². The van der Waals surface area contributed by atoms with E-state index in [2.05, 4.69) is 11.4 Å². The molecular weight excluding hydrogens is 292 g/mol. The number of benzene rings is 1. The quantitative estimate of drug-likeness (QED) is 0.888. The lowest BCUT2D eigenvalue weighted by Crippen LogP contribution is -2.22. The molecular formula is C16H17F2NOS. The largest absolute Gasteiger partial charge is 0.387 e. The summed E-state index contributed by atoms with van der Waals surface area (Å²) in [4.78, 5) is 2.66. The van der Waals surface area contributed by atoms with Crippen LogP contribution >= 0.6 is 11.3 Å². The Labute approximate surface area is 126 Å². The third-order valence-corrected chi connectivity index (χ3v) is 5.00. The average Bonchev–Trinajstić information content (AvgIpc) is 2.99. The van der Waals surface area contributed by atoms with Crippen LogP contribution in [0.4, 0.5) is 8.78 Å². The SMILES string of the molecule is OC(CNCc1cc2c(s1)CCC2)c1c(F)cccc1F. The minimum Gasteiger partial charge on any atom is -0.387 e. The van der Waals surface area contributed by atoms with E-state index < -0.39 is 17.7 Å². The van der Waals surface area contributed by atoms with Crippen LogP contribution in [-0.4, -0.2) is 11.7 Å². The highest BCUT2D eigenvalue weighted by atomic mass is 32.1. The number of nitrogens with one attached hydrogen (secondary N) is 1. The molecule has 1 unspecified atom stereocenters. The van der Waals surface area contributed by atoms with Crippen LogP contribution in [0.25, 0.3) is 0 Å². The molecule has 1 aliphatic rings. The summed E-state index contributed by atoms with van der Waals surface area (Å²) >= 11 is 1.78. The second-order valence-electron chi connectivity index (χ2n) is 5.30. The number of aliphatic hydroxyl groups is 1. The van der Waals surface area contributed by atoms with Crippen molar-refractivity contribution in [3.8, 4) is 0 Å². The van der Waals surface area contributed by atoms with E-state index in [0.29, 0.717) is 6.54 Å². The summed E-state index contributed by atoms with van der Waals surface area (Å²) in [5, 5.41) is 13.0. The van der Waals surface area contributed by atoms with Crippen molar-refractivity contribution >= 4 is 11.3 Å². The Morgan fingerprint density at radius 2 is 2.00 bits per heavy atom. The highest BCUT2D eigenvalue weighted by Crippen LogP contribution is 2.30. The zero-order valence-electron chi connectivity index (χ0n) is 11.5. The van der Waals surface area contributed by atoms with Crippen LogP contribution in [0.2, 0.25) is 0 Å². The Bertz CT molecular complexity index is 599. The molecule has 0 radical (unpaired) electrons. The van der Waals surface area contributed by atoms with Gasteiger partial charge in [0.25, 0.3) is 0 Å². The first-order valence-corrected chi connectivity index (χ1v) is 7.90. The first-order chi connectivity index (χ1) is 10.1. The van der Waals surface area contributed by atoms with Crippen LogP contribution < -0.4 is 5.32 Å². The first kappa shape index (κ1) is 14.6. The number of fused-ring (bicyclic) bond motifs is 1. The highest BCUT2D eigenvalue weighted by molar-refractivity contribution is 7.12. The Hall–Kier alpha value is -1.30. The van der Waals surface area contributed by atoms with Gasteiger partial charge in [-0.2, -0.15) is 0 Å². The van der Waals surface area contributed by atoms with E-state index in [1.165, 1.54) is 27.8 Å². The molecule has 0 fully saturated rings. The van der Waals surface area contributed by atoms with Crippen LogP contribution in [0.1, 0.15) is 33.4 Å². The maximum absolute atomic E-state index is 13.5. The summed E-state index contributed by atoms with van der Waals surface area (Å²) in [5.74, 6) is -1.42. The van der Waals surface area contributed by atoms with Crippen molar-refractivity contribution in [2.75, 3.05) is 6.54 Å². The molecule has 0 saturated carbocycles. The Morgan fingerprint density at radius 1 is 1.24 bits per heavy atom. The van der Waals surface area contributed by atoms with Gasteiger partial charge in [-0.15, -0.1) is 11.3 Å². The lowest BCUT2D eigenvalue weighted by Gasteiger charge is -2.13. The molecule has 21 heavy (non-hydrogen) atoms. The first-order valence-electron chi connectivity index (χ1n) is 7.08. The van der Waals surface area contributed by atoms with Crippen LogP contribution in [0.15, 0.2) is 24.3 Å². The van der Waals surface area contributed by atoms with Gasteiger partial charge in [0.1, 0.15) is 11.6 Å². The molecule has 0 aliphatic heterocycles. The number of aryl methyl sites for hydroxylation is 2. The molecule has 1 heterocycles. The number of thiophene rings is 1. The highest BCUT2D eigenvalue weighted by Gasteiger charge is 2.18. The third-order valence-electron chi connectivity index (χ3n) is 3.77. The fourth-order valence-electron chi connectivity index (χ4n) is 2.74. The van der Waals surface area contributed by atoms with Crippen LogP contribution in [0.5, 0.6) is 0 Å². The third kappa shape index (κ3) is 3.15. The molecule has 0 saturated heterocycles. The molecule has 0 bridgehead atoms. The number of hydrogen-bond acceptors (Lipinski definition) is 3. The second-order valence-corrected chi connectivity index (χ2v) is 6.52. The molecule has 0 spiro atoms. The summed E-state index contributed by atoms with van der Waals surface area (Å²) in [5.41, 5.74) is 1.16. The number of rotatable bonds is 5. The Balaban J connectivity index is 1.57. The van der Waals surface area contributed by atoms with Crippen molar-refractivity contribution in [1.82, 2.24) is 5.32 Å². The molecule has 112 valence electrons. The molecule has 1 aromatic heterocycles. The summed E-state index contributed by atoms with van der Waals surface area (Å²) in [6.07, 6.45) is 2.36. The number of aliphatic hydroxyl groups excluding tert-OH is 1. The summed E-state index contributed by atoms with van der Waals surface area (Å²) in [6.45, 7) is 0.741. The van der Waals surface area contributed by atoms with E-state index in [4.69, 9.17) is 0 Å². The normalized spacial score (nSPS) is 15.2. The monoisotopic (exact) mass is 309 g/mol. The fourth-order valence-corrected chi connectivity index (χ4v) is 3.97. The summed E-state index contributed by atoms with van der Waals surface area (Å²) in [7, 11) is 0. The molecule has 1 aliphatic carbocycles. The maximum Gasteiger partial charge on any atom is 0.131 e. The van der Waals surface area contributed by atoms with Crippen molar-refractivity contribution in [1.29, 1.82) is 0 Å². The van der Waals surface area contributed by atoms with Gasteiger partial charge in [-0.05, 0) is 43.0 Å². The molecule has 0 amide bonds.